The van der Waals surface area contributed by atoms with E-state index in [4.69, 9.17) is 9.72 Å². The van der Waals surface area contributed by atoms with Crippen LogP contribution in [0.4, 0.5) is 0 Å². The molecule has 2 aliphatic carbocycles. The average molecular weight is 662 g/mol. The zero-order chi connectivity index (χ0) is 32.7. The monoisotopic (exact) mass is 661 g/mol. The Kier molecular flexibility index (Phi) is 8.45. The maximum absolute atomic E-state index is 14.3. The Hall–Kier alpha value is -4.33. The lowest BCUT2D eigenvalue weighted by Crippen LogP contribution is -2.56. The average Bonchev–Trinajstić information content (AvgIpc) is 3.76. The third kappa shape index (κ3) is 6.47. The predicted octanol–water partition coefficient (Wildman–Crippen LogP) is 3.20. The molecule has 0 radical (unpaired) electrons. The van der Waals surface area contributed by atoms with E-state index >= 15 is 0 Å². The van der Waals surface area contributed by atoms with E-state index in [1.54, 1.807) is 17.9 Å². The number of rotatable bonds is 7. The number of nitrogens with one attached hydrogen (secondary N) is 2. The molecule has 5 heterocycles. The number of hydrogen-bond acceptors (Lipinski definition) is 9. The number of aromatic nitrogens is 4. The summed E-state index contributed by atoms with van der Waals surface area (Å²) >= 11 is 1.43. The molecular formula is C33H39N7O6S. The Bertz CT molecular complexity index is 1730. The van der Waals surface area contributed by atoms with E-state index in [-0.39, 0.29) is 30.7 Å². The molecule has 7 rings (SSSR count). The number of carboxylic acid groups (broad SMARTS) is 1. The molecule has 0 bridgehead atoms. The molecule has 3 amide bonds. The smallest absolute Gasteiger partial charge is 0.330 e. The minimum atomic E-state index is -1.41. The molecule has 13 nitrogen and oxygen atoms in total. The number of hydrogen-bond donors (Lipinski definition) is 3. The van der Waals surface area contributed by atoms with Gasteiger partial charge >= 0.3 is 5.97 Å². The lowest BCUT2D eigenvalue weighted by Gasteiger charge is -2.29. The van der Waals surface area contributed by atoms with Crippen molar-refractivity contribution in [1.82, 2.24) is 35.3 Å². The fraction of sp³-hybridized carbons (Fsp3) is 0.545. The van der Waals surface area contributed by atoms with Crippen LogP contribution in [-0.4, -0.2) is 83.7 Å². The zero-order valence-corrected chi connectivity index (χ0v) is 27.1. The first-order valence-corrected chi connectivity index (χ1v) is 17.3. The summed E-state index contributed by atoms with van der Waals surface area (Å²) in [5.74, 6) is -1.34. The summed E-state index contributed by atoms with van der Waals surface area (Å²) in [4.78, 5) is 64.5. The molecule has 0 unspecified atom stereocenters. The molecule has 1 saturated heterocycles. The molecule has 3 aromatic heterocycles. The molecule has 0 aromatic carbocycles. The number of allylic oxidation sites excluding steroid dienone is 1. The molecule has 3 N–H and O–H groups in total. The molecule has 47 heavy (non-hydrogen) atoms. The van der Waals surface area contributed by atoms with E-state index in [1.807, 2.05) is 29.7 Å². The molecule has 14 heteroatoms. The van der Waals surface area contributed by atoms with Gasteiger partial charge in [0.15, 0.2) is 5.82 Å². The van der Waals surface area contributed by atoms with E-state index in [9.17, 15) is 24.3 Å². The second kappa shape index (κ2) is 12.7. The maximum atomic E-state index is 14.3. The summed E-state index contributed by atoms with van der Waals surface area (Å²) in [6.45, 7) is 0.0766. The fourth-order valence-corrected chi connectivity index (χ4v) is 7.53. The van der Waals surface area contributed by atoms with Crippen LogP contribution in [0.2, 0.25) is 0 Å². The molecule has 0 spiro atoms. The molecule has 3 fully saturated rings. The van der Waals surface area contributed by atoms with E-state index in [2.05, 4.69) is 20.7 Å². The highest BCUT2D eigenvalue weighted by Gasteiger charge is 2.61. The minimum Gasteiger partial charge on any atom is -0.479 e. The highest BCUT2D eigenvalue weighted by Crippen LogP contribution is 2.45. The van der Waals surface area contributed by atoms with Gasteiger partial charge in [-0.25, -0.2) is 9.78 Å². The van der Waals surface area contributed by atoms with E-state index in [0.29, 0.717) is 48.1 Å². The number of ether oxygens (including phenoxy) is 1. The van der Waals surface area contributed by atoms with Crippen molar-refractivity contribution in [3.8, 4) is 17.4 Å². The van der Waals surface area contributed by atoms with Crippen LogP contribution in [0.5, 0.6) is 5.88 Å². The van der Waals surface area contributed by atoms with Crippen LogP contribution in [0.25, 0.3) is 21.7 Å². The van der Waals surface area contributed by atoms with Crippen molar-refractivity contribution in [2.75, 3.05) is 6.54 Å². The number of carbonyl (C=O) groups is 4. The normalized spacial score (nSPS) is 28.8. The van der Waals surface area contributed by atoms with Crippen LogP contribution in [0.15, 0.2) is 35.9 Å². The number of thiophene rings is 1. The fourth-order valence-electron chi connectivity index (χ4n) is 6.77. The van der Waals surface area contributed by atoms with Gasteiger partial charge in [-0.15, -0.1) is 11.3 Å². The Morgan fingerprint density at radius 3 is 2.79 bits per heavy atom. The highest BCUT2D eigenvalue weighted by molar-refractivity contribution is 7.17. The van der Waals surface area contributed by atoms with Gasteiger partial charge in [0.25, 0.3) is 0 Å². The van der Waals surface area contributed by atoms with Crippen molar-refractivity contribution in [2.45, 2.75) is 87.9 Å². The van der Waals surface area contributed by atoms with Gasteiger partial charge in [0, 0.05) is 32.0 Å². The van der Waals surface area contributed by atoms with Crippen molar-refractivity contribution >= 4 is 45.2 Å². The number of aliphatic carboxylic acids is 1. The lowest BCUT2D eigenvalue weighted by atomic mass is 10.0. The quantitative estimate of drug-likeness (QED) is 0.322. The number of amides is 3. The van der Waals surface area contributed by atoms with Gasteiger partial charge in [-0.2, -0.15) is 10.1 Å². The van der Waals surface area contributed by atoms with Gasteiger partial charge in [-0.05, 0) is 62.0 Å². The molecule has 2 saturated carbocycles. The summed E-state index contributed by atoms with van der Waals surface area (Å²) in [5.41, 5.74) is -0.00601. The number of nitrogens with zero attached hydrogens (tertiary/aromatic N) is 5. The van der Waals surface area contributed by atoms with Crippen molar-refractivity contribution in [2.24, 2.45) is 18.9 Å². The first kappa shape index (κ1) is 31.3. The Labute approximate surface area is 275 Å². The summed E-state index contributed by atoms with van der Waals surface area (Å²) in [6.07, 6.45) is 11.5. The third-order valence-electron chi connectivity index (χ3n) is 9.73. The predicted molar refractivity (Wildman–Crippen MR) is 172 cm³/mol. The minimum absolute atomic E-state index is 0.0766. The molecule has 4 aliphatic rings. The van der Waals surface area contributed by atoms with Gasteiger partial charge in [-0.1, -0.05) is 25.0 Å². The van der Waals surface area contributed by atoms with Crippen molar-refractivity contribution in [3.63, 3.8) is 0 Å². The SMILES string of the molecule is Cn1nccc1-c1nc(O[C@@H]2C[C@H]3C(=O)N[C@]4(C(=O)O)C[C@H]4/C=C/CCCCC[C@H](NC(=O)CC4CC4)C(=O)N3C2)c2sccc2n1. The molecule has 3 aromatic rings. The van der Waals surface area contributed by atoms with Crippen LogP contribution < -0.4 is 15.4 Å². The van der Waals surface area contributed by atoms with Crippen LogP contribution in [0, 0.1) is 11.8 Å². The summed E-state index contributed by atoms with van der Waals surface area (Å²) < 4.78 is 8.90. The first-order chi connectivity index (χ1) is 22.7. The Morgan fingerprint density at radius 2 is 2.02 bits per heavy atom. The van der Waals surface area contributed by atoms with Crippen LogP contribution in [0.3, 0.4) is 0 Å². The Balaban J connectivity index is 1.19. The largest absolute Gasteiger partial charge is 0.479 e. The van der Waals surface area contributed by atoms with E-state index in [1.165, 1.54) is 16.2 Å². The second-order valence-electron chi connectivity index (χ2n) is 13.2. The first-order valence-electron chi connectivity index (χ1n) is 16.4. The summed E-state index contributed by atoms with van der Waals surface area (Å²) in [5, 5.41) is 22.1. The molecular weight excluding hydrogens is 622 g/mol. The van der Waals surface area contributed by atoms with Gasteiger partial charge < -0.3 is 25.4 Å². The van der Waals surface area contributed by atoms with Crippen molar-refractivity contribution in [1.29, 1.82) is 0 Å². The van der Waals surface area contributed by atoms with Crippen molar-refractivity contribution in [3.05, 3.63) is 35.9 Å². The third-order valence-corrected chi connectivity index (χ3v) is 10.6. The van der Waals surface area contributed by atoms with Crippen LogP contribution in [0.1, 0.15) is 64.2 Å². The number of fused-ring (bicyclic) bond motifs is 3. The second-order valence-corrected chi connectivity index (χ2v) is 14.1. The van der Waals surface area contributed by atoms with Crippen LogP contribution >= 0.6 is 11.3 Å². The van der Waals surface area contributed by atoms with E-state index < -0.39 is 35.6 Å². The lowest BCUT2D eigenvalue weighted by molar-refractivity contribution is -0.146. The van der Waals surface area contributed by atoms with Gasteiger partial charge in [-0.3, -0.25) is 19.1 Å². The Morgan fingerprint density at radius 1 is 1.17 bits per heavy atom. The molecule has 248 valence electrons. The van der Waals surface area contributed by atoms with E-state index in [0.717, 1.165) is 43.2 Å². The molecule has 2 aliphatic heterocycles. The number of carbonyl (C=O) groups excluding carboxylic acids is 3. The summed E-state index contributed by atoms with van der Waals surface area (Å²) in [6, 6.07) is 1.91. The zero-order valence-electron chi connectivity index (χ0n) is 26.3. The molecule has 5 atom stereocenters. The van der Waals surface area contributed by atoms with Crippen molar-refractivity contribution < 1.29 is 29.0 Å². The summed E-state index contributed by atoms with van der Waals surface area (Å²) in [7, 11) is 1.80. The van der Waals surface area contributed by atoms with Gasteiger partial charge in [0.2, 0.25) is 23.6 Å². The van der Waals surface area contributed by atoms with Gasteiger partial charge in [0.1, 0.15) is 34.1 Å². The standard InChI is InChI=1S/C33H39N7O6S/c1-39-24(11-13-34-39)28-36-22-12-14-47-27(22)30(37-28)46-21-16-25-29(42)38-33(32(44)45)17-20(33)7-5-3-2-4-6-8-23(31(43)40(25)18-21)35-26(41)15-19-9-10-19/h5,7,11-14,19-21,23,25H,2-4,6,8-10,15-18H2,1H3,(H,35,41)(H,38,42)(H,44,45)/b7-5+/t20-,21-,23+,25+,33-/m1/s1. The topological polar surface area (TPSA) is 169 Å². The maximum Gasteiger partial charge on any atom is 0.330 e. The number of aryl methyl sites for hydroxylation is 1. The number of carboxylic acids is 1. The highest BCUT2D eigenvalue weighted by atomic mass is 32.1. The van der Waals surface area contributed by atoms with Crippen LogP contribution in [-0.2, 0) is 26.2 Å². The van der Waals surface area contributed by atoms with Gasteiger partial charge in [0.05, 0.1) is 12.1 Å².